The summed E-state index contributed by atoms with van der Waals surface area (Å²) in [6, 6.07) is 3.67. The van der Waals surface area contributed by atoms with E-state index in [0.29, 0.717) is 5.69 Å². The molecule has 0 saturated heterocycles. The molecule has 19 heavy (non-hydrogen) atoms. The average molecular weight is 264 g/mol. The number of rotatable bonds is 3. The van der Waals surface area contributed by atoms with Crippen molar-refractivity contribution in [1.82, 2.24) is 5.32 Å². The van der Waals surface area contributed by atoms with E-state index in [1.165, 1.54) is 18.2 Å². The molecule has 102 valence electrons. The molecule has 1 fully saturated rings. The lowest BCUT2D eigenvalue weighted by Crippen LogP contribution is -2.32. The van der Waals surface area contributed by atoms with Gasteiger partial charge >= 0.3 is 12.0 Å². The number of nitrogens with one attached hydrogen (secondary N) is 2. The van der Waals surface area contributed by atoms with Crippen molar-refractivity contribution < 1.29 is 19.8 Å². The van der Waals surface area contributed by atoms with Gasteiger partial charge in [-0.15, -0.1) is 0 Å². The van der Waals surface area contributed by atoms with E-state index in [9.17, 15) is 14.7 Å². The molecular formula is C13H16N2O4. The second-order valence-corrected chi connectivity index (χ2v) is 5.38. The van der Waals surface area contributed by atoms with Crippen LogP contribution in [0.3, 0.4) is 0 Å². The summed E-state index contributed by atoms with van der Waals surface area (Å²) in [5.74, 6) is -1.59. The normalized spacial score (nSPS) is 19.6. The van der Waals surface area contributed by atoms with Crippen LogP contribution in [0, 0.1) is 5.41 Å². The Hall–Kier alpha value is -2.24. The maximum Gasteiger partial charge on any atom is 0.339 e. The number of aromatic carboxylic acids is 1. The highest BCUT2D eigenvalue weighted by Gasteiger charge is 2.46. The van der Waals surface area contributed by atoms with Crippen LogP contribution in [0.1, 0.15) is 30.6 Å². The average Bonchev–Trinajstić information content (AvgIpc) is 2.84. The zero-order valence-electron chi connectivity index (χ0n) is 10.7. The summed E-state index contributed by atoms with van der Waals surface area (Å²) in [7, 11) is 0. The van der Waals surface area contributed by atoms with Gasteiger partial charge in [-0.05, 0) is 24.0 Å². The van der Waals surface area contributed by atoms with Crippen LogP contribution in [-0.2, 0) is 0 Å². The molecule has 2 rings (SSSR count). The third-order valence-corrected chi connectivity index (χ3v) is 3.30. The Labute approximate surface area is 110 Å². The fraction of sp³-hybridized carbons (Fsp3) is 0.385. The fourth-order valence-corrected chi connectivity index (χ4v) is 1.83. The Morgan fingerprint density at radius 1 is 1.37 bits per heavy atom. The molecule has 0 aliphatic heterocycles. The molecule has 1 aliphatic carbocycles. The van der Waals surface area contributed by atoms with Crippen molar-refractivity contribution >= 4 is 17.7 Å². The van der Waals surface area contributed by atoms with Gasteiger partial charge in [0, 0.05) is 17.8 Å². The van der Waals surface area contributed by atoms with Gasteiger partial charge in [-0.2, -0.15) is 0 Å². The molecule has 0 heterocycles. The second kappa shape index (κ2) is 4.46. The minimum Gasteiger partial charge on any atom is -0.507 e. The predicted molar refractivity (Wildman–Crippen MR) is 69.4 cm³/mol. The summed E-state index contributed by atoms with van der Waals surface area (Å²) in [6.45, 7) is 4.12. The molecular weight excluding hydrogens is 248 g/mol. The largest absolute Gasteiger partial charge is 0.507 e. The van der Waals surface area contributed by atoms with E-state index < -0.39 is 5.97 Å². The number of carboxylic acids is 1. The van der Waals surface area contributed by atoms with Crippen molar-refractivity contribution in [3.05, 3.63) is 23.8 Å². The molecule has 0 radical (unpaired) electrons. The van der Waals surface area contributed by atoms with Crippen LogP contribution in [0.15, 0.2) is 18.2 Å². The van der Waals surface area contributed by atoms with Gasteiger partial charge in [0.2, 0.25) is 0 Å². The van der Waals surface area contributed by atoms with Crippen molar-refractivity contribution in [3.63, 3.8) is 0 Å². The van der Waals surface area contributed by atoms with Gasteiger partial charge in [0.15, 0.2) is 0 Å². The Morgan fingerprint density at radius 2 is 2.00 bits per heavy atom. The molecule has 1 unspecified atom stereocenters. The summed E-state index contributed by atoms with van der Waals surface area (Å²) in [6.07, 6.45) is 0.934. The first-order valence-corrected chi connectivity index (χ1v) is 5.93. The van der Waals surface area contributed by atoms with Gasteiger partial charge < -0.3 is 20.8 Å². The van der Waals surface area contributed by atoms with E-state index in [0.717, 1.165) is 6.42 Å². The maximum absolute atomic E-state index is 11.7. The highest BCUT2D eigenvalue weighted by atomic mass is 16.4. The molecule has 0 spiro atoms. The standard InChI is InChI=1S/C13H16N2O4/c1-13(2)6-10(13)15-12(19)14-7-3-4-8(11(17)18)9(16)5-7/h3-5,10,16H,6H2,1-2H3,(H,17,18)(H2,14,15,19). The van der Waals surface area contributed by atoms with Crippen LogP contribution in [0.5, 0.6) is 5.75 Å². The summed E-state index contributed by atoms with van der Waals surface area (Å²) in [5, 5.41) is 23.6. The molecule has 1 aromatic rings. The first-order valence-electron chi connectivity index (χ1n) is 5.93. The lowest BCUT2D eigenvalue weighted by Gasteiger charge is -2.09. The number of aromatic hydroxyl groups is 1. The monoisotopic (exact) mass is 264 g/mol. The van der Waals surface area contributed by atoms with E-state index in [4.69, 9.17) is 5.11 Å². The second-order valence-electron chi connectivity index (χ2n) is 5.38. The smallest absolute Gasteiger partial charge is 0.339 e. The van der Waals surface area contributed by atoms with E-state index in [1.54, 1.807) is 0 Å². The number of hydrogen-bond acceptors (Lipinski definition) is 3. The number of anilines is 1. The van der Waals surface area contributed by atoms with Crippen molar-refractivity contribution in [2.45, 2.75) is 26.3 Å². The topological polar surface area (TPSA) is 98.7 Å². The quantitative estimate of drug-likeness (QED) is 0.671. The third-order valence-electron chi connectivity index (χ3n) is 3.30. The summed E-state index contributed by atoms with van der Waals surface area (Å²) >= 11 is 0. The van der Waals surface area contributed by atoms with Crippen molar-refractivity contribution in [1.29, 1.82) is 0 Å². The van der Waals surface area contributed by atoms with Gasteiger partial charge in [0.05, 0.1) is 0 Å². The van der Waals surface area contributed by atoms with E-state index in [-0.39, 0.29) is 28.8 Å². The number of amides is 2. The molecule has 6 nitrogen and oxygen atoms in total. The Balaban J connectivity index is 1.98. The van der Waals surface area contributed by atoms with Crippen LogP contribution in [0.2, 0.25) is 0 Å². The van der Waals surface area contributed by atoms with Crippen LogP contribution < -0.4 is 10.6 Å². The minimum atomic E-state index is -1.21. The number of phenols is 1. The fourth-order valence-electron chi connectivity index (χ4n) is 1.83. The summed E-state index contributed by atoms with van der Waals surface area (Å²) in [4.78, 5) is 22.4. The highest BCUT2D eigenvalue weighted by Crippen LogP contribution is 2.44. The van der Waals surface area contributed by atoms with Gasteiger partial charge in [-0.25, -0.2) is 9.59 Å². The lowest BCUT2D eigenvalue weighted by atomic mass is 10.2. The number of carboxylic acid groups (broad SMARTS) is 1. The highest BCUT2D eigenvalue weighted by molar-refractivity contribution is 5.94. The Morgan fingerprint density at radius 3 is 2.47 bits per heavy atom. The van der Waals surface area contributed by atoms with E-state index >= 15 is 0 Å². The number of carbonyl (C=O) groups is 2. The SMILES string of the molecule is CC1(C)CC1NC(=O)Nc1ccc(C(=O)O)c(O)c1. The zero-order chi connectivity index (χ0) is 14.2. The molecule has 1 aliphatic rings. The third kappa shape index (κ3) is 2.96. The van der Waals surface area contributed by atoms with Crippen molar-refractivity contribution in [2.24, 2.45) is 5.41 Å². The number of carbonyl (C=O) groups excluding carboxylic acids is 1. The first-order chi connectivity index (χ1) is 8.79. The van der Waals surface area contributed by atoms with Crippen LogP contribution in [0.4, 0.5) is 10.5 Å². The molecule has 6 heteroatoms. The van der Waals surface area contributed by atoms with Gasteiger partial charge in [0.1, 0.15) is 11.3 Å². The zero-order valence-corrected chi connectivity index (χ0v) is 10.7. The van der Waals surface area contributed by atoms with Gasteiger partial charge in [-0.3, -0.25) is 0 Å². The molecule has 1 aromatic carbocycles. The van der Waals surface area contributed by atoms with Crippen LogP contribution in [0.25, 0.3) is 0 Å². The summed E-state index contributed by atoms with van der Waals surface area (Å²) in [5.41, 5.74) is 0.278. The lowest BCUT2D eigenvalue weighted by molar-refractivity contribution is 0.0694. The predicted octanol–water partition coefficient (Wildman–Crippen LogP) is 2.01. The molecule has 1 saturated carbocycles. The van der Waals surface area contributed by atoms with E-state index in [2.05, 4.69) is 24.5 Å². The molecule has 0 aromatic heterocycles. The number of hydrogen-bond donors (Lipinski definition) is 4. The van der Waals surface area contributed by atoms with Crippen molar-refractivity contribution in [2.75, 3.05) is 5.32 Å². The molecule has 0 bridgehead atoms. The maximum atomic E-state index is 11.7. The Bertz CT molecular complexity index is 539. The molecule has 4 N–H and O–H groups in total. The minimum absolute atomic E-state index is 0.132. The van der Waals surface area contributed by atoms with Gasteiger partial charge in [0.25, 0.3) is 0 Å². The Kier molecular flexibility index (Phi) is 3.09. The molecule has 2 amide bonds. The van der Waals surface area contributed by atoms with Crippen molar-refractivity contribution in [3.8, 4) is 5.75 Å². The number of urea groups is 1. The number of benzene rings is 1. The van der Waals surface area contributed by atoms with Crippen LogP contribution in [-0.4, -0.2) is 28.3 Å². The first kappa shape index (κ1) is 13.2. The summed E-state index contributed by atoms with van der Waals surface area (Å²) < 4.78 is 0. The van der Waals surface area contributed by atoms with Gasteiger partial charge in [-0.1, -0.05) is 13.8 Å². The van der Waals surface area contributed by atoms with Crippen LogP contribution >= 0.6 is 0 Å². The van der Waals surface area contributed by atoms with E-state index in [1.807, 2.05) is 0 Å². The molecule has 1 atom stereocenters.